The molecule has 9 nitrogen and oxygen atoms in total. The number of nitrogens with zero attached hydrogens (tertiary/aromatic N) is 3. The molecular weight excluding hydrogens is 602 g/mol. The summed E-state index contributed by atoms with van der Waals surface area (Å²) in [5.74, 6) is -9.60. The highest BCUT2D eigenvalue weighted by molar-refractivity contribution is 7.91. The molecule has 16 heteroatoms. The summed E-state index contributed by atoms with van der Waals surface area (Å²) in [4.78, 5) is 12.5. The van der Waals surface area contributed by atoms with Crippen molar-refractivity contribution in [2.24, 2.45) is 0 Å². The molecule has 0 spiro atoms. The fourth-order valence-electron chi connectivity index (χ4n) is 4.31. The Balaban J connectivity index is 1.38. The largest absolute Gasteiger partial charge is 0.435 e. The third kappa shape index (κ3) is 7.14. The first-order valence-corrected chi connectivity index (χ1v) is 14.3. The van der Waals surface area contributed by atoms with Gasteiger partial charge in [0.05, 0.1) is 17.0 Å². The SMILES string of the molecule is O=S(=O)(Cc1ccc(F)cc1F)Nc1c(F)cc(Oc2ncccc2-c2ccnc(NC3CNC[C@@H](F)C3)n2)c(F)c1F. The van der Waals surface area contributed by atoms with Gasteiger partial charge >= 0.3 is 0 Å². The van der Waals surface area contributed by atoms with Crippen LogP contribution in [-0.2, 0) is 15.8 Å². The number of aromatic nitrogens is 3. The smallest absolute Gasteiger partial charge is 0.237 e. The number of alkyl halides is 1. The van der Waals surface area contributed by atoms with Gasteiger partial charge in [0.25, 0.3) is 0 Å². The second-order valence-electron chi connectivity index (χ2n) is 9.51. The summed E-state index contributed by atoms with van der Waals surface area (Å²) in [6, 6.07) is 6.70. The molecule has 3 N–H and O–H groups in total. The summed E-state index contributed by atoms with van der Waals surface area (Å²) >= 11 is 0. The van der Waals surface area contributed by atoms with E-state index in [1.54, 1.807) is 4.72 Å². The average Bonchev–Trinajstić information content (AvgIpc) is 2.96. The summed E-state index contributed by atoms with van der Waals surface area (Å²) in [6.07, 6.45) is 1.88. The van der Waals surface area contributed by atoms with Crippen LogP contribution in [0.3, 0.4) is 0 Å². The molecule has 43 heavy (non-hydrogen) atoms. The lowest BCUT2D eigenvalue weighted by atomic mass is 10.1. The van der Waals surface area contributed by atoms with Gasteiger partial charge in [0.1, 0.15) is 23.5 Å². The maximum absolute atomic E-state index is 15.0. The topological polar surface area (TPSA) is 118 Å². The fourth-order valence-corrected chi connectivity index (χ4v) is 5.52. The van der Waals surface area contributed by atoms with Crippen LogP contribution in [0.25, 0.3) is 11.3 Å². The third-order valence-corrected chi connectivity index (χ3v) is 7.49. The number of pyridine rings is 1. The molecule has 0 saturated carbocycles. The van der Waals surface area contributed by atoms with E-state index in [4.69, 9.17) is 4.74 Å². The van der Waals surface area contributed by atoms with Gasteiger partial charge in [0.2, 0.25) is 27.7 Å². The van der Waals surface area contributed by atoms with Gasteiger partial charge in [-0.2, -0.15) is 4.39 Å². The van der Waals surface area contributed by atoms with Crippen molar-refractivity contribution in [2.75, 3.05) is 23.1 Å². The number of rotatable bonds is 9. The van der Waals surface area contributed by atoms with Crippen molar-refractivity contribution in [3.63, 3.8) is 0 Å². The van der Waals surface area contributed by atoms with Crippen LogP contribution in [0, 0.1) is 29.1 Å². The normalized spacial score (nSPS) is 17.0. The molecule has 5 rings (SSSR count). The first-order chi connectivity index (χ1) is 20.5. The molecule has 1 fully saturated rings. The van der Waals surface area contributed by atoms with Crippen LogP contribution in [0.15, 0.2) is 54.9 Å². The van der Waals surface area contributed by atoms with Crippen molar-refractivity contribution in [3.8, 4) is 22.9 Å². The Kier molecular flexibility index (Phi) is 8.68. The zero-order valence-corrected chi connectivity index (χ0v) is 22.7. The van der Waals surface area contributed by atoms with Gasteiger partial charge in [-0.1, -0.05) is 6.07 Å². The van der Waals surface area contributed by atoms with Crippen molar-refractivity contribution < 1.29 is 39.5 Å². The lowest BCUT2D eigenvalue weighted by Gasteiger charge is -2.26. The zero-order chi connectivity index (χ0) is 30.7. The lowest BCUT2D eigenvalue weighted by Crippen LogP contribution is -2.44. The van der Waals surface area contributed by atoms with E-state index in [2.05, 4.69) is 25.6 Å². The number of halogens is 6. The van der Waals surface area contributed by atoms with Gasteiger partial charge in [-0.25, -0.2) is 45.3 Å². The molecule has 4 aromatic rings. The van der Waals surface area contributed by atoms with Crippen molar-refractivity contribution in [3.05, 3.63) is 89.5 Å². The van der Waals surface area contributed by atoms with Crippen LogP contribution in [0.4, 0.5) is 38.0 Å². The quantitative estimate of drug-likeness (QED) is 0.174. The molecule has 1 aliphatic heterocycles. The number of benzene rings is 2. The van der Waals surface area contributed by atoms with Crippen molar-refractivity contribution in [2.45, 2.75) is 24.4 Å². The minimum Gasteiger partial charge on any atom is -0.435 e. The van der Waals surface area contributed by atoms with Gasteiger partial charge < -0.3 is 15.4 Å². The van der Waals surface area contributed by atoms with E-state index in [1.807, 2.05) is 0 Å². The summed E-state index contributed by atoms with van der Waals surface area (Å²) in [7, 11) is -4.67. The number of hydrogen-bond donors (Lipinski definition) is 3. The fraction of sp³-hybridized carbons (Fsp3) is 0.222. The second-order valence-corrected chi connectivity index (χ2v) is 11.2. The molecule has 3 heterocycles. The van der Waals surface area contributed by atoms with Crippen LogP contribution in [-0.4, -0.2) is 48.7 Å². The van der Waals surface area contributed by atoms with Gasteiger partial charge in [0, 0.05) is 55.6 Å². The van der Waals surface area contributed by atoms with Crippen LogP contribution in [0.1, 0.15) is 12.0 Å². The van der Waals surface area contributed by atoms with Crippen molar-refractivity contribution in [1.82, 2.24) is 20.3 Å². The van der Waals surface area contributed by atoms with E-state index in [1.165, 1.54) is 30.6 Å². The minimum atomic E-state index is -4.67. The predicted molar refractivity (Wildman–Crippen MR) is 144 cm³/mol. The average molecular weight is 625 g/mol. The molecule has 0 aliphatic carbocycles. The van der Waals surface area contributed by atoms with E-state index in [-0.39, 0.29) is 42.1 Å². The Morgan fingerprint density at radius 3 is 2.53 bits per heavy atom. The molecule has 226 valence electrons. The molecule has 1 aliphatic rings. The monoisotopic (exact) mass is 624 g/mol. The molecule has 0 radical (unpaired) electrons. The summed E-state index contributed by atoms with van der Waals surface area (Å²) in [5, 5.41) is 5.97. The van der Waals surface area contributed by atoms with E-state index in [9.17, 15) is 30.4 Å². The van der Waals surface area contributed by atoms with Crippen LogP contribution < -0.4 is 20.1 Å². The minimum absolute atomic E-state index is 0.161. The van der Waals surface area contributed by atoms with E-state index in [0.717, 1.165) is 12.1 Å². The first-order valence-electron chi connectivity index (χ1n) is 12.7. The number of hydrogen-bond acceptors (Lipinski definition) is 8. The molecular formula is C27H22F6N6O3S. The summed E-state index contributed by atoms with van der Waals surface area (Å²) in [6.45, 7) is 0.733. The Labute approximate surface area is 241 Å². The second kappa shape index (κ2) is 12.4. The number of anilines is 2. The molecule has 0 amide bonds. The maximum Gasteiger partial charge on any atom is 0.237 e. The number of sulfonamides is 1. The molecule has 1 saturated heterocycles. The number of piperidine rings is 1. The Morgan fingerprint density at radius 1 is 0.953 bits per heavy atom. The van der Waals surface area contributed by atoms with Crippen molar-refractivity contribution in [1.29, 1.82) is 0 Å². The predicted octanol–water partition coefficient (Wildman–Crippen LogP) is 5.08. The highest BCUT2D eigenvalue weighted by Crippen LogP contribution is 2.36. The van der Waals surface area contributed by atoms with Crippen LogP contribution in [0.2, 0.25) is 0 Å². The van der Waals surface area contributed by atoms with Gasteiger partial charge in [0.15, 0.2) is 17.4 Å². The zero-order valence-electron chi connectivity index (χ0n) is 21.9. The molecule has 2 aromatic carbocycles. The summed E-state index contributed by atoms with van der Waals surface area (Å²) in [5.41, 5.74) is -1.43. The molecule has 2 aromatic heterocycles. The number of ether oxygens (including phenoxy) is 1. The van der Waals surface area contributed by atoms with Crippen LogP contribution >= 0.6 is 0 Å². The third-order valence-electron chi connectivity index (χ3n) is 6.28. The van der Waals surface area contributed by atoms with E-state index in [0.29, 0.717) is 18.7 Å². The Bertz CT molecular complexity index is 1760. The van der Waals surface area contributed by atoms with Crippen LogP contribution in [0.5, 0.6) is 11.6 Å². The standard InChI is InChI=1S/C27H22F6N6O3S/c28-15-4-3-14(19(30)9-15)13-43(40,41)39-25-20(31)10-22(23(32)24(25)33)42-26-18(2-1-6-35-26)21-5-7-36-27(38-21)37-17-8-16(29)11-34-12-17/h1-7,9-10,16-17,34,39H,8,11-13H2,(H,36,37,38)/t16-,17?/m0/s1. The Hall–Kier alpha value is -4.44. The Morgan fingerprint density at radius 2 is 1.77 bits per heavy atom. The van der Waals surface area contributed by atoms with Gasteiger partial charge in [-0.05, 0) is 24.3 Å². The highest BCUT2D eigenvalue weighted by atomic mass is 32.2. The van der Waals surface area contributed by atoms with E-state index < -0.39 is 68.0 Å². The first kappa shape index (κ1) is 30.0. The molecule has 0 bridgehead atoms. The van der Waals surface area contributed by atoms with Gasteiger partial charge in [-0.3, -0.25) is 4.72 Å². The van der Waals surface area contributed by atoms with Crippen molar-refractivity contribution >= 4 is 21.7 Å². The lowest BCUT2D eigenvalue weighted by molar-refractivity contribution is 0.254. The molecule has 1 unspecified atom stereocenters. The maximum atomic E-state index is 15.0. The van der Waals surface area contributed by atoms with E-state index >= 15 is 4.39 Å². The van der Waals surface area contributed by atoms with Gasteiger partial charge in [-0.15, -0.1) is 0 Å². The molecule has 2 atom stereocenters. The highest BCUT2D eigenvalue weighted by Gasteiger charge is 2.26. The summed E-state index contributed by atoms with van der Waals surface area (Å²) < 4.78 is 118. The number of nitrogens with one attached hydrogen (secondary N) is 3.